The highest BCUT2D eigenvalue weighted by molar-refractivity contribution is 7.89. The molecule has 0 spiro atoms. The molecule has 0 radical (unpaired) electrons. The van der Waals surface area contributed by atoms with Gasteiger partial charge in [0.1, 0.15) is 5.69 Å². The van der Waals surface area contributed by atoms with Crippen molar-refractivity contribution in [3.05, 3.63) is 65.4 Å². The predicted octanol–water partition coefficient (Wildman–Crippen LogP) is 1.36. The van der Waals surface area contributed by atoms with E-state index in [-0.39, 0.29) is 11.4 Å². The lowest BCUT2D eigenvalue weighted by Gasteiger charge is -2.07. The van der Waals surface area contributed by atoms with Crippen molar-refractivity contribution >= 4 is 21.1 Å². The zero-order chi connectivity index (χ0) is 18.9. The van der Waals surface area contributed by atoms with Crippen molar-refractivity contribution in [2.45, 2.75) is 11.4 Å². The average Bonchev–Trinajstić information content (AvgIpc) is 3.27. The first-order valence-corrected chi connectivity index (χ1v) is 9.57. The fourth-order valence-corrected chi connectivity index (χ4v) is 3.66. The fourth-order valence-electron chi connectivity index (χ4n) is 2.61. The average molecular weight is 385 g/mol. The number of hydrogen-bond acceptors (Lipinski definition) is 6. The molecule has 0 aliphatic rings. The zero-order valence-electron chi connectivity index (χ0n) is 14.0. The number of sulfonamides is 1. The molecule has 1 aromatic carbocycles. The number of nitrogens with one attached hydrogen (secondary N) is 2. The second-order valence-corrected chi connectivity index (χ2v) is 7.52. The van der Waals surface area contributed by atoms with Gasteiger partial charge in [-0.2, -0.15) is 5.10 Å². The number of benzene rings is 1. The fraction of sp³-hybridized carbons (Fsp3) is 0.118. The van der Waals surface area contributed by atoms with E-state index in [0.29, 0.717) is 23.3 Å². The Morgan fingerprint density at radius 1 is 1.15 bits per heavy atom. The summed E-state index contributed by atoms with van der Waals surface area (Å²) in [7, 11) is -3.73. The first-order valence-electron chi connectivity index (χ1n) is 8.09. The minimum absolute atomic E-state index is 0.0432. The van der Waals surface area contributed by atoms with E-state index in [0.717, 1.165) is 5.69 Å². The van der Waals surface area contributed by atoms with Gasteiger partial charge in [0.15, 0.2) is 5.58 Å². The molecule has 0 bridgehead atoms. The van der Waals surface area contributed by atoms with E-state index in [4.69, 9.17) is 4.42 Å². The summed E-state index contributed by atoms with van der Waals surface area (Å²) in [6, 6.07) is 11.6. The van der Waals surface area contributed by atoms with Crippen LogP contribution in [0.1, 0.15) is 0 Å². The summed E-state index contributed by atoms with van der Waals surface area (Å²) in [5.74, 6) is -0.630. The molecule has 138 valence electrons. The van der Waals surface area contributed by atoms with Crippen LogP contribution in [0.5, 0.6) is 0 Å². The van der Waals surface area contributed by atoms with Crippen LogP contribution in [-0.4, -0.2) is 34.7 Å². The van der Waals surface area contributed by atoms with Crippen molar-refractivity contribution < 1.29 is 12.8 Å². The molecule has 2 N–H and O–H groups in total. The third-order valence-corrected chi connectivity index (χ3v) is 5.36. The zero-order valence-corrected chi connectivity index (χ0v) is 14.8. The van der Waals surface area contributed by atoms with Gasteiger partial charge in [0.25, 0.3) is 0 Å². The summed E-state index contributed by atoms with van der Waals surface area (Å²) in [5.41, 5.74) is 2.10. The molecule has 27 heavy (non-hydrogen) atoms. The summed E-state index contributed by atoms with van der Waals surface area (Å²) in [6.45, 7) is 0.516. The largest absolute Gasteiger partial charge is 0.417 e. The molecule has 0 fully saturated rings. The molecule has 3 heterocycles. The highest BCUT2D eigenvalue weighted by Crippen LogP contribution is 2.16. The summed E-state index contributed by atoms with van der Waals surface area (Å²) in [4.78, 5) is 17.9. The summed E-state index contributed by atoms with van der Waals surface area (Å²) in [5, 5.41) is 4.38. The maximum atomic E-state index is 12.4. The Morgan fingerprint density at radius 3 is 2.85 bits per heavy atom. The van der Waals surface area contributed by atoms with Gasteiger partial charge in [-0.3, -0.25) is 14.6 Å². The van der Waals surface area contributed by atoms with Crippen LogP contribution in [0, 0.1) is 0 Å². The molecular weight excluding hydrogens is 370 g/mol. The molecular formula is C17H15N5O4S. The van der Waals surface area contributed by atoms with Gasteiger partial charge in [0.2, 0.25) is 10.0 Å². The maximum Gasteiger partial charge on any atom is 0.417 e. The van der Waals surface area contributed by atoms with Crippen molar-refractivity contribution in [2.75, 3.05) is 6.54 Å². The number of oxazole rings is 1. The Kier molecular flexibility index (Phi) is 4.34. The van der Waals surface area contributed by atoms with Crippen LogP contribution in [0.15, 0.2) is 69.0 Å². The number of aromatic nitrogens is 4. The molecule has 0 amide bonds. The normalized spacial score (nSPS) is 11.9. The van der Waals surface area contributed by atoms with Crippen LogP contribution in [-0.2, 0) is 16.6 Å². The van der Waals surface area contributed by atoms with Gasteiger partial charge in [-0.1, -0.05) is 6.07 Å². The van der Waals surface area contributed by atoms with Gasteiger partial charge >= 0.3 is 5.76 Å². The second-order valence-electron chi connectivity index (χ2n) is 5.75. The quantitative estimate of drug-likeness (QED) is 0.517. The van der Waals surface area contributed by atoms with E-state index in [1.165, 1.54) is 18.2 Å². The van der Waals surface area contributed by atoms with Crippen LogP contribution in [0.3, 0.4) is 0 Å². The minimum Gasteiger partial charge on any atom is -0.408 e. The number of H-pyrrole nitrogens is 1. The van der Waals surface area contributed by atoms with Crippen LogP contribution in [0.4, 0.5) is 0 Å². The third-order valence-electron chi connectivity index (χ3n) is 3.90. The Hall–Kier alpha value is -3.24. The highest BCUT2D eigenvalue weighted by atomic mass is 32.2. The van der Waals surface area contributed by atoms with Crippen molar-refractivity contribution in [3.8, 4) is 11.4 Å². The lowest BCUT2D eigenvalue weighted by atomic mass is 10.3. The van der Waals surface area contributed by atoms with Crippen LogP contribution >= 0.6 is 0 Å². The molecule has 4 rings (SSSR count). The first kappa shape index (κ1) is 17.2. The van der Waals surface area contributed by atoms with Crippen molar-refractivity contribution in [3.63, 3.8) is 0 Å². The lowest BCUT2D eigenvalue weighted by molar-refractivity contribution is 0.555. The topological polar surface area (TPSA) is 123 Å². The lowest BCUT2D eigenvalue weighted by Crippen LogP contribution is -2.27. The van der Waals surface area contributed by atoms with Crippen molar-refractivity contribution in [1.29, 1.82) is 0 Å². The van der Waals surface area contributed by atoms with E-state index in [1.807, 2.05) is 24.3 Å². The second kappa shape index (κ2) is 6.82. The smallest absolute Gasteiger partial charge is 0.408 e. The molecule has 0 atom stereocenters. The molecule has 0 aliphatic carbocycles. The van der Waals surface area contributed by atoms with E-state index in [1.54, 1.807) is 17.1 Å². The predicted molar refractivity (Wildman–Crippen MR) is 97.5 cm³/mol. The number of nitrogens with zero attached hydrogens (tertiary/aromatic N) is 3. The van der Waals surface area contributed by atoms with Gasteiger partial charge in [-0.15, -0.1) is 0 Å². The standard InChI is InChI=1S/C17H15N5O4S/c23-17-20-15-11-12(4-5-16(15)26-17)27(24,25)19-8-10-22-9-6-14(21-22)13-3-1-2-7-18-13/h1-7,9,11,19H,8,10H2,(H,20,23). The molecule has 4 aromatic rings. The van der Waals surface area contributed by atoms with Crippen molar-refractivity contribution in [1.82, 2.24) is 24.5 Å². The summed E-state index contributed by atoms with van der Waals surface area (Å²) >= 11 is 0. The number of hydrogen-bond donors (Lipinski definition) is 2. The maximum absolute atomic E-state index is 12.4. The molecule has 0 unspecified atom stereocenters. The van der Waals surface area contributed by atoms with Crippen molar-refractivity contribution in [2.24, 2.45) is 0 Å². The number of rotatable bonds is 6. The first-order chi connectivity index (χ1) is 13.0. The van der Waals surface area contributed by atoms with Gasteiger partial charge in [-0.25, -0.2) is 17.9 Å². The molecule has 9 nitrogen and oxygen atoms in total. The molecule has 0 aliphatic heterocycles. The Balaban J connectivity index is 1.43. The summed E-state index contributed by atoms with van der Waals surface area (Å²) < 4.78 is 33.9. The van der Waals surface area contributed by atoms with Crippen LogP contribution in [0.2, 0.25) is 0 Å². The molecule has 10 heteroatoms. The SMILES string of the molecule is O=c1[nH]c2cc(S(=O)(=O)NCCn3ccc(-c4ccccn4)n3)ccc2o1. The number of pyridine rings is 1. The van der Waals surface area contributed by atoms with E-state index in [9.17, 15) is 13.2 Å². The van der Waals surface area contributed by atoms with Gasteiger partial charge in [0.05, 0.1) is 22.7 Å². The van der Waals surface area contributed by atoms with E-state index >= 15 is 0 Å². The third kappa shape index (κ3) is 3.66. The molecule has 0 saturated carbocycles. The van der Waals surface area contributed by atoms with E-state index < -0.39 is 15.8 Å². The Morgan fingerprint density at radius 2 is 2.04 bits per heavy atom. The van der Waals surface area contributed by atoms with Gasteiger partial charge in [0, 0.05) is 18.9 Å². The monoisotopic (exact) mass is 385 g/mol. The Bertz CT molecular complexity index is 1240. The van der Waals surface area contributed by atoms with Gasteiger partial charge in [-0.05, 0) is 36.4 Å². The van der Waals surface area contributed by atoms with Gasteiger partial charge < -0.3 is 4.42 Å². The van der Waals surface area contributed by atoms with Crippen LogP contribution < -0.4 is 10.5 Å². The molecule has 3 aromatic heterocycles. The number of fused-ring (bicyclic) bond motifs is 1. The van der Waals surface area contributed by atoms with Crippen LogP contribution in [0.25, 0.3) is 22.5 Å². The highest BCUT2D eigenvalue weighted by Gasteiger charge is 2.15. The molecule has 0 saturated heterocycles. The summed E-state index contributed by atoms with van der Waals surface area (Å²) in [6.07, 6.45) is 3.45. The number of aromatic amines is 1. The van der Waals surface area contributed by atoms with E-state index in [2.05, 4.69) is 19.8 Å². The Labute approximate surface area is 153 Å². The minimum atomic E-state index is -3.73.